The fraction of sp³-hybridized carbons (Fsp3) is 0.615. The Hall–Kier alpha value is -0.810. The topological polar surface area (TPSA) is 45.5 Å². The van der Waals surface area contributed by atoms with Crippen LogP contribution in [0.25, 0.3) is 0 Å². The minimum atomic E-state index is -0.862. The lowest BCUT2D eigenvalue weighted by molar-refractivity contribution is 0.0684. The standard InChI is InChI=1S/C13H19BrN2O2/c1-9(2)15-4-3-10(6-15)7-16-8-11(14)5-12(16)13(17)18/h5,8-10H,3-4,6-7H2,1-2H3,(H,17,18). The average molecular weight is 315 g/mol. The van der Waals surface area contributed by atoms with Crippen molar-refractivity contribution in [2.24, 2.45) is 5.92 Å². The lowest BCUT2D eigenvalue weighted by atomic mass is 10.1. The maximum absolute atomic E-state index is 11.1. The van der Waals surface area contributed by atoms with E-state index in [9.17, 15) is 4.79 Å². The molecule has 1 fully saturated rings. The number of carboxylic acids is 1. The van der Waals surface area contributed by atoms with Crippen molar-refractivity contribution in [3.8, 4) is 0 Å². The van der Waals surface area contributed by atoms with E-state index in [-0.39, 0.29) is 0 Å². The largest absolute Gasteiger partial charge is 0.477 e. The molecule has 2 heterocycles. The summed E-state index contributed by atoms with van der Waals surface area (Å²) in [5.41, 5.74) is 0.366. The Balaban J connectivity index is 2.04. The van der Waals surface area contributed by atoms with E-state index in [1.807, 2.05) is 10.8 Å². The second kappa shape index (κ2) is 5.45. The zero-order valence-electron chi connectivity index (χ0n) is 10.8. The van der Waals surface area contributed by atoms with Gasteiger partial charge in [-0.25, -0.2) is 4.79 Å². The van der Waals surface area contributed by atoms with Crippen molar-refractivity contribution in [3.63, 3.8) is 0 Å². The highest BCUT2D eigenvalue weighted by Crippen LogP contribution is 2.23. The van der Waals surface area contributed by atoms with Gasteiger partial charge < -0.3 is 14.6 Å². The van der Waals surface area contributed by atoms with Gasteiger partial charge in [-0.1, -0.05) is 0 Å². The number of carbonyl (C=O) groups is 1. The summed E-state index contributed by atoms with van der Waals surface area (Å²) in [5.74, 6) is -0.316. The first-order chi connectivity index (χ1) is 8.47. The van der Waals surface area contributed by atoms with Gasteiger partial charge in [-0.2, -0.15) is 0 Å². The van der Waals surface area contributed by atoms with Gasteiger partial charge in [0.2, 0.25) is 0 Å². The molecule has 1 aromatic rings. The van der Waals surface area contributed by atoms with Gasteiger partial charge in [-0.15, -0.1) is 0 Å². The number of aromatic carboxylic acids is 1. The lowest BCUT2D eigenvalue weighted by Gasteiger charge is -2.20. The number of likely N-dealkylation sites (tertiary alicyclic amines) is 1. The first-order valence-electron chi connectivity index (χ1n) is 6.30. The van der Waals surface area contributed by atoms with Gasteiger partial charge in [0.1, 0.15) is 5.69 Å². The van der Waals surface area contributed by atoms with E-state index in [0.29, 0.717) is 17.7 Å². The van der Waals surface area contributed by atoms with Crippen molar-refractivity contribution in [1.82, 2.24) is 9.47 Å². The predicted molar refractivity (Wildman–Crippen MR) is 73.9 cm³/mol. The van der Waals surface area contributed by atoms with E-state index < -0.39 is 5.97 Å². The first kappa shape index (κ1) is 13.6. The number of halogens is 1. The zero-order chi connectivity index (χ0) is 13.3. The number of hydrogen-bond donors (Lipinski definition) is 1. The molecule has 1 aliphatic heterocycles. The summed E-state index contributed by atoms with van der Waals surface area (Å²) in [7, 11) is 0. The van der Waals surface area contributed by atoms with E-state index in [0.717, 1.165) is 30.5 Å². The molecule has 18 heavy (non-hydrogen) atoms. The number of rotatable bonds is 4. The second-order valence-corrected chi connectivity index (χ2v) is 6.16. The molecule has 0 aliphatic carbocycles. The molecule has 1 aromatic heterocycles. The molecule has 1 saturated heterocycles. The molecule has 0 aromatic carbocycles. The van der Waals surface area contributed by atoms with Crippen LogP contribution in [0.5, 0.6) is 0 Å². The van der Waals surface area contributed by atoms with Gasteiger partial charge >= 0.3 is 5.97 Å². The summed E-state index contributed by atoms with van der Waals surface area (Å²) >= 11 is 3.34. The van der Waals surface area contributed by atoms with Gasteiger partial charge in [-0.3, -0.25) is 0 Å². The SMILES string of the molecule is CC(C)N1CCC(Cn2cc(Br)cc2C(=O)O)C1. The minimum Gasteiger partial charge on any atom is -0.477 e. The van der Waals surface area contributed by atoms with E-state index in [1.54, 1.807) is 6.07 Å². The normalized spacial score (nSPS) is 20.8. The first-order valence-corrected chi connectivity index (χ1v) is 7.09. The predicted octanol–water partition coefficient (Wildman–Crippen LogP) is 2.68. The summed E-state index contributed by atoms with van der Waals surface area (Å²) in [4.78, 5) is 13.6. The minimum absolute atomic E-state index is 0.366. The Labute approximate surface area is 116 Å². The molecule has 0 spiro atoms. The Morgan fingerprint density at radius 3 is 2.89 bits per heavy atom. The van der Waals surface area contributed by atoms with Crippen molar-refractivity contribution < 1.29 is 9.90 Å². The number of aromatic nitrogens is 1. The molecule has 0 amide bonds. The van der Waals surface area contributed by atoms with Crippen LogP contribution < -0.4 is 0 Å². The summed E-state index contributed by atoms with van der Waals surface area (Å²) in [6.45, 7) is 7.38. The molecule has 0 saturated carbocycles. The third-order valence-corrected chi connectivity index (χ3v) is 4.02. The fourth-order valence-corrected chi connectivity index (χ4v) is 3.03. The Morgan fingerprint density at radius 1 is 1.61 bits per heavy atom. The number of carboxylic acid groups (broad SMARTS) is 1. The highest BCUT2D eigenvalue weighted by atomic mass is 79.9. The average Bonchev–Trinajstić information content (AvgIpc) is 2.86. The van der Waals surface area contributed by atoms with Gasteiger partial charge in [0.25, 0.3) is 0 Å². The van der Waals surface area contributed by atoms with Crippen LogP contribution in [0.15, 0.2) is 16.7 Å². The molecule has 0 bridgehead atoms. The molecule has 5 heteroatoms. The molecule has 1 N–H and O–H groups in total. The fourth-order valence-electron chi connectivity index (χ4n) is 2.56. The summed E-state index contributed by atoms with van der Waals surface area (Å²) < 4.78 is 2.68. The van der Waals surface area contributed by atoms with Crippen LogP contribution >= 0.6 is 15.9 Å². The molecular weight excluding hydrogens is 296 g/mol. The Kier molecular flexibility index (Phi) is 4.12. The smallest absolute Gasteiger partial charge is 0.352 e. The molecule has 4 nitrogen and oxygen atoms in total. The molecule has 1 aliphatic rings. The number of nitrogens with zero attached hydrogens (tertiary/aromatic N) is 2. The van der Waals surface area contributed by atoms with Crippen molar-refractivity contribution in [1.29, 1.82) is 0 Å². The van der Waals surface area contributed by atoms with Crippen molar-refractivity contribution in [3.05, 3.63) is 22.4 Å². The van der Waals surface area contributed by atoms with Crippen LogP contribution in [-0.4, -0.2) is 39.7 Å². The molecular formula is C13H19BrN2O2. The van der Waals surface area contributed by atoms with Gasteiger partial charge in [0.15, 0.2) is 0 Å². The van der Waals surface area contributed by atoms with Crippen molar-refractivity contribution >= 4 is 21.9 Å². The van der Waals surface area contributed by atoms with Crippen LogP contribution in [-0.2, 0) is 6.54 Å². The second-order valence-electron chi connectivity index (χ2n) is 5.24. The molecule has 2 rings (SSSR count). The molecule has 0 radical (unpaired) electrons. The number of hydrogen-bond acceptors (Lipinski definition) is 2. The third-order valence-electron chi connectivity index (χ3n) is 3.58. The van der Waals surface area contributed by atoms with E-state index >= 15 is 0 Å². The Bertz CT molecular complexity index is 442. The maximum atomic E-state index is 11.1. The third kappa shape index (κ3) is 2.95. The lowest BCUT2D eigenvalue weighted by Crippen LogP contribution is -2.29. The Morgan fingerprint density at radius 2 is 2.33 bits per heavy atom. The zero-order valence-corrected chi connectivity index (χ0v) is 12.4. The van der Waals surface area contributed by atoms with Gasteiger partial charge in [-0.05, 0) is 54.7 Å². The van der Waals surface area contributed by atoms with Crippen LogP contribution in [0, 0.1) is 5.92 Å². The summed E-state index contributed by atoms with van der Waals surface area (Å²) in [6.07, 6.45) is 3.01. The monoisotopic (exact) mass is 314 g/mol. The van der Waals surface area contributed by atoms with Crippen LogP contribution in [0.3, 0.4) is 0 Å². The summed E-state index contributed by atoms with van der Waals surface area (Å²) in [6, 6.07) is 2.24. The highest BCUT2D eigenvalue weighted by Gasteiger charge is 2.25. The molecule has 100 valence electrons. The van der Waals surface area contributed by atoms with Crippen molar-refractivity contribution in [2.75, 3.05) is 13.1 Å². The van der Waals surface area contributed by atoms with Gasteiger partial charge in [0.05, 0.1) is 0 Å². The van der Waals surface area contributed by atoms with Crippen LogP contribution in [0.2, 0.25) is 0 Å². The van der Waals surface area contributed by atoms with Crippen molar-refractivity contribution in [2.45, 2.75) is 32.9 Å². The van der Waals surface area contributed by atoms with Crippen LogP contribution in [0.4, 0.5) is 0 Å². The van der Waals surface area contributed by atoms with E-state index in [4.69, 9.17) is 5.11 Å². The van der Waals surface area contributed by atoms with Gasteiger partial charge in [0, 0.05) is 29.8 Å². The maximum Gasteiger partial charge on any atom is 0.352 e. The highest BCUT2D eigenvalue weighted by molar-refractivity contribution is 9.10. The van der Waals surface area contributed by atoms with E-state index in [2.05, 4.69) is 34.7 Å². The summed E-state index contributed by atoms with van der Waals surface area (Å²) in [5, 5.41) is 9.14. The quantitative estimate of drug-likeness (QED) is 0.929. The van der Waals surface area contributed by atoms with Crippen LogP contribution in [0.1, 0.15) is 30.8 Å². The van der Waals surface area contributed by atoms with E-state index in [1.165, 1.54) is 0 Å². The molecule has 1 atom stereocenters. The molecule has 1 unspecified atom stereocenters.